The van der Waals surface area contributed by atoms with E-state index in [1.54, 1.807) is 10.6 Å². The highest BCUT2D eigenvalue weighted by molar-refractivity contribution is 5.87. The van der Waals surface area contributed by atoms with Crippen molar-refractivity contribution in [2.24, 2.45) is 0 Å². The molecule has 5 atom stereocenters. The van der Waals surface area contributed by atoms with Gasteiger partial charge in [-0.1, -0.05) is 42.5 Å². The molecule has 8 nitrogen and oxygen atoms in total. The average Bonchev–Trinajstić information content (AvgIpc) is 3.20. The largest absolute Gasteiger partial charge is 0.427 e. The summed E-state index contributed by atoms with van der Waals surface area (Å²) in [5.41, 5.74) is 2.86. The van der Waals surface area contributed by atoms with Gasteiger partial charge in [-0.25, -0.2) is 0 Å². The number of carbonyl (C=O) groups is 1. The molecule has 1 fully saturated rings. The summed E-state index contributed by atoms with van der Waals surface area (Å²) in [6.07, 6.45) is -3.71. The number of aromatic nitrogens is 1. The number of fused-ring (bicyclic) bond motifs is 2. The highest BCUT2D eigenvalue weighted by atomic mass is 16.6. The molecule has 1 aliphatic rings. The monoisotopic (exact) mass is 477 g/mol. The molecule has 1 aliphatic heterocycles. The summed E-state index contributed by atoms with van der Waals surface area (Å²) < 4.78 is 12.7. The molecule has 0 bridgehead atoms. The smallest absolute Gasteiger partial charge is 0.308 e. The van der Waals surface area contributed by atoms with E-state index in [1.807, 2.05) is 54.7 Å². The summed E-state index contributed by atoms with van der Waals surface area (Å²) in [5, 5.41) is 43.6. The zero-order valence-electron chi connectivity index (χ0n) is 19.1. The van der Waals surface area contributed by atoms with Crippen LogP contribution in [0.25, 0.3) is 21.7 Å². The van der Waals surface area contributed by atoms with Crippen molar-refractivity contribution in [1.82, 2.24) is 4.57 Å². The number of aliphatic hydroxyl groups excluding tert-OH is 4. The van der Waals surface area contributed by atoms with E-state index in [4.69, 9.17) is 9.47 Å². The Hall–Kier alpha value is -3.27. The Morgan fingerprint density at radius 2 is 1.71 bits per heavy atom. The summed E-state index contributed by atoms with van der Waals surface area (Å²) in [5.74, 6) is 0.136. The number of esters is 1. The van der Waals surface area contributed by atoms with Crippen LogP contribution >= 0.6 is 0 Å². The molecular formula is C27H27NO7. The molecule has 5 rings (SSSR count). The number of benzene rings is 3. The maximum absolute atomic E-state index is 11.2. The van der Waals surface area contributed by atoms with Crippen molar-refractivity contribution in [3.8, 4) is 5.75 Å². The lowest BCUT2D eigenvalue weighted by molar-refractivity contribution is -0.250. The maximum Gasteiger partial charge on any atom is 0.308 e. The van der Waals surface area contributed by atoms with Crippen molar-refractivity contribution in [3.63, 3.8) is 0 Å². The molecule has 2 heterocycles. The van der Waals surface area contributed by atoms with Gasteiger partial charge in [0.2, 0.25) is 0 Å². The first-order valence-corrected chi connectivity index (χ1v) is 11.5. The van der Waals surface area contributed by atoms with Crippen LogP contribution in [0.5, 0.6) is 5.75 Å². The van der Waals surface area contributed by atoms with Gasteiger partial charge in [0.05, 0.1) is 12.1 Å². The SMILES string of the molecule is CC(=O)Oc1ccc2cc(Cc3cn([C@@H]4O[C@H](CO)[C@@H](O)[C@H](O)[C@H]4O)c4ccccc34)ccc2c1. The third-order valence-corrected chi connectivity index (χ3v) is 6.50. The van der Waals surface area contributed by atoms with Crippen LogP contribution in [0, 0.1) is 0 Å². The molecule has 182 valence electrons. The number of hydrogen-bond donors (Lipinski definition) is 4. The Morgan fingerprint density at radius 1 is 0.971 bits per heavy atom. The van der Waals surface area contributed by atoms with Gasteiger partial charge in [0.15, 0.2) is 6.23 Å². The minimum atomic E-state index is -1.45. The lowest BCUT2D eigenvalue weighted by atomic mass is 9.98. The molecule has 4 N–H and O–H groups in total. The van der Waals surface area contributed by atoms with E-state index < -0.39 is 37.3 Å². The fourth-order valence-corrected chi connectivity index (χ4v) is 4.77. The number of carbonyl (C=O) groups excluding carboxylic acids is 1. The molecule has 35 heavy (non-hydrogen) atoms. The molecule has 0 unspecified atom stereocenters. The van der Waals surface area contributed by atoms with E-state index in [2.05, 4.69) is 6.07 Å². The Balaban J connectivity index is 1.49. The van der Waals surface area contributed by atoms with E-state index in [0.29, 0.717) is 12.2 Å². The van der Waals surface area contributed by atoms with Gasteiger partial charge in [-0.05, 0) is 46.5 Å². The van der Waals surface area contributed by atoms with Crippen molar-refractivity contribution in [3.05, 3.63) is 78.0 Å². The summed E-state index contributed by atoms with van der Waals surface area (Å²) in [7, 11) is 0. The van der Waals surface area contributed by atoms with Crippen LogP contribution in [0.3, 0.4) is 0 Å². The van der Waals surface area contributed by atoms with Gasteiger partial charge in [0.25, 0.3) is 0 Å². The van der Waals surface area contributed by atoms with Gasteiger partial charge in [-0.2, -0.15) is 0 Å². The third-order valence-electron chi connectivity index (χ3n) is 6.50. The Bertz CT molecular complexity index is 1380. The van der Waals surface area contributed by atoms with Crippen molar-refractivity contribution in [2.75, 3.05) is 6.61 Å². The molecule has 4 aromatic rings. The van der Waals surface area contributed by atoms with Gasteiger partial charge in [0, 0.05) is 18.5 Å². The lowest BCUT2D eigenvalue weighted by Crippen LogP contribution is -2.56. The predicted molar refractivity (Wildman–Crippen MR) is 129 cm³/mol. The van der Waals surface area contributed by atoms with E-state index in [9.17, 15) is 25.2 Å². The third kappa shape index (κ3) is 4.42. The van der Waals surface area contributed by atoms with Crippen molar-refractivity contribution >= 4 is 27.6 Å². The second-order valence-corrected chi connectivity index (χ2v) is 8.91. The summed E-state index contributed by atoms with van der Waals surface area (Å²) >= 11 is 0. The molecule has 0 spiro atoms. The van der Waals surface area contributed by atoms with E-state index in [-0.39, 0.29) is 5.97 Å². The standard InChI is InChI=1S/C27H27NO7/c1-15(30)34-20-9-8-17-10-16(6-7-18(17)12-20)11-19-13-28(22-5-3-2-4-21(19)22)27-26(33)25(32)24(31)23(14-29)35-27/h2-10,12-13,23-27,29,31-33H,11,14H2,1H3/t23-,24-,25+,26-,27-/m1/s1. The lowest BCUT2D eigenvalue weighted by Gasteiger charge is -2.40. The molecule has 0 aliphatic carbocycles. The van der Waals surface area contributed by atoms with Crippen LogP contribution in [0.15, 0.2) is 66.9 Å². The maximum atomic E-state index is 11.2. The number of para-hydroxylation sites is 1. The Morgan fingerprint density at radius 3 is 2.49 bits per heavy atom. The van der Waals surface area contributed by atoms with Crippen LogP contribution in [-0.2, 0) is 16.0 Å². The quantitative estimate of drug-likeness (QED) is 0.257. The van der Waals surface area contributed by atoms with Gasteiger partial charge < -0.3 is 34.5 Å². The molecule has 8 heteroatoms. The highest BCUT2D eigenvalue weighted by Gasteiger charge is 2.44. The van der Waals surface area contributed by atoms with Crippen LogP contribution in [-0.4, -0.2) is 62.0 Å². The molecule has 0 amide bonds. The number of aliphatic hydroxyl groups is 4. The normalized spacial score (nSPS) is 24.7. The minimum absolute atomic E-state index is 0.364. The van der Waals surface area contributed by atoms with Crippen molar-refractivity contribution < 1.29 is 34.7 Å². The average molecular weight is 478 g/mol. The van der Waals surface area contributed by atoms with Crippen LogP contribution in [0.2, 0.25) is 0 Å². The topological polar surface area (TPSA) is 121 Å². The highest BCUT2D eigenvalue weighted by Crippen LogP contribution is 2.34. The zero-order chi connectivity index (χ0) is 24.7. The fourth-order valence-electron chi connectivity index (χ4n) is 4.77. The minimum Gasteiger partial charge on any atom is -0.427 e. The van der Waals surface area contributed by atoms with Crippen molar-refractivity contribution in [1.29, 1.82) is 0 Å². The van der Waals surface area contributed by atoms with Gasteiger partial charge >= 0.3 is 5.97 Å². The molecule has 3 aromatic carbocycles. The summed E-state index contributed by atoms with van der Waals surface area (Å²) in [4.78, 5) is 11.2. The second-order valence-electron chi connectivity index (χ2n) is 8.91. The first-order valence-electron chi connectivity index (χ1n) is 11.5. The van der Waals surface area contributed by atoms with Gasteiger partial charge in [0.1, 0.15) is 30.2 Å². The van der Waals surface area contributed by atoms with Crippen LogP contribution in [0.4, 0.5) is 0 Å². The molecule has 0 radical (unpaired) electrons. The Kier molecular flexibility index (Phi) is 6.31. The number of hydrogen-bond acceptors (Lipinski definition) is 7. The summed E-state index contributed by atoms with van der Waals surface area (Å²) in [6, 6.07) is 19.3. The van der Waals surface area contributed by atoms with Gasteiger partial charge in [-0.3, -0.25) is 4.79 Å². The van der Waals surface area contributed by atoms with Crippen LogP contribution in [0.1, 0.15) is 24.3 Å². The number of nitrogens with zero attached hydrogens (tertiary/aromatic N) is 1. The molecule has 1 saturated heterocycles. The molecular weight excluding hydrogens is 450 g/mol. The predicted octanol–water partition coefficient (Wildman–Crippen LogP) is 2.28. The van der Waals surface area contributed by atoms with Crippen molar-refractivity contribution in [2.45, 2.75) is 44.0 Å². The Labute approximate surface area is 201 Å². The number of ether oxygens (including phenoxy) is 2. The first-order chi connectivity index (χ1) is 16.9. The summed E-state index contributed by atoms with van der Waals surface area (Å²) in [6.45, 7) is 0.887. The van der Waals surface area contributed by atoms with Gasteiger partial charge in [-0.15, -0.1) is 0 Å². The van der Waals surface area contributed by atoms with E-state index in [0.717, 1.165) is 32.8 Å². The van der Waals surface area contributed by atoms with E-state index >= 15 is 0 Å². The zero-order valence-corrected chi connectivity index (χ0v) is 19.1. The molecule has 1 aromatic heterocycles. The first kappa shape index (κ1) is 23.5. The fraction of sp³-hybridized carbons (Fsp3) is 0.296. The second kappa shape index (κ2) is 9.41. The van der Waals surface area contributed by atoms with E-state index in [1.165, 1.54) is 6.92 Å². The number of rotatable bonds is 5. The van der Waals surface area contributed by atoms with Crippen LogP contribution < -0.4 is 4.74 Å². The molecule has 0 saturated carbocycles.